The maximum Gasteiger partial charge on any atom is 0.416 e. The lowest BCUT2D eigenvalue weighted by molar-refractivity contribution is -0.143. The van der Waals surface area contributed by atoms with E-state index in [1.54, 1.807) is 0 Å². The van der Waals surface area contributed by atoms with Gasteiger partial charge >= 0.3 is 12.4 Å². The highest BCUT2D eigenvalue weighted by molar-refractivity contribution is 5.79. The number of hydrogen-bond donors (Lipinski definition) is 2. The maximum atomic E-state index is 12.9. The number of terminal acetylenes is 1. The van der Waals surface area contributed by atoms with Crippen molar-refractivity contribution in [1.29, 1.82) is 0 Å². The monoisotopic (exact) mass is 508 g/mol. The number of hydrogen-bond acceptors (Lipinski definition) is 3. The number of carbonyl (C=O) groups is 1. The lowest BCUT2D eigenvalue weighted by Crippen LogP contribution is -2.41. The first kappa shape index (κ1) is 30.8. The molecule has 1 saturated heterocycles. The third-order valence-electron chi connectivity index (χ3n) is 5.61. The van der Waals surface area contributed by atoms with Gasteiger partial charge in [0.05, 0.1) is 11.1 Å². The summed E-state index contributed by atoms with van der Waals surface area (Å²) in [5.74, 6) is -0.660. The van der Waals surface area contributed by atoms with E-state index in [9.17, 15) is 31.1 Å². The Morgan fingerprint density at radius 1 is 0.914 bits per heavy atom. The lowest BCUT2D eigenvalue weighted by atomic mass is 10.0. The predicted molar refractivity (Wildman–Crippen MR) is 122 cm³/mol. The zero-order chi connectivity index (χ0) is 26.6. The minimum atomic E-state index is -4.91. The third kappa shape index (κ3) is 10.5. The summed E-state index contributed by atoms with van der Waals surface area (Å²) in [6, 6.07) is 1.87. The van der Waals surface area contributed by atoms with Gasteiger partial charge in [-0.3, -0.25) is 4.79 Å². The number of halogens is 6. The van der Waals surface area contributed by atoms with Crippen molar-refractivity contribution >= 4 is 5.91 Å². The van der Waals surface area contributed by atoms with Crippen LogP contribution in [0.4, 0.5) is 26.3 Å². The van der Waals surface area contributed by atoms with Crippen molar-refractivity contribution in [2.45, 2.75) is 83.4 Å². The Hall–Kier alpha value is -2.25. The average Bonchev–Trinajstić information content (AvgIpc) is 3.27. The second-order valence-electron chi connectivity index (χ2n) is 8.60. The van der Waals surface area contributed by atoms with Gasteiger partial charge in [-0.1, -0.05) is 20.3 Å². The first-order valence-electron chi connectivity index (χ1n) is 11.7. The number of carbonyl (C=O) groups excluding carboxylic acids is 1. The van der Waals surface area contributed by atoms with Crippen LogP contribution in [0.2, 0.25) is 0 Å². The Balaban J connectivity index is 0.00000114. The van der Waals surface area contributed by atoms with Crippen molar-refractivity contribution < 1.29 is 35.9 Å². The quantitative estimate of drug-likeness (QED) is 0.382. The van der Waals surface area contributed by atoms with E-state index in [0.717, 1.165) is 19.3 Å². The van der Waals surface area contributed by atoms with Crippen LogP contribution in [-0.4, -0.2) is 31.2 Å². The highest BCUT2D eigenvalue weighted by Crippen LogP contribution is 2.36. The fourth-order valence-corrected chi connectivity index (χ4v) is 4.02. The van der Waals surface area contributed by atoms with Crippen LogP contribution in [-0.2, 0) is 28.4 Å². The van der Waals surface area contributed by atoms with Gasteiger partial charge in [-0.25, -0.2) is 0 Å². The van der Waals surface area contributed by atoms with Crippen molar-refractivity contribution in [2.24, 2.45) is 5.92 Å². The van der Waals surface area contributed by atoms with Crippen LogP contribution in [0, 0.1) is 18.8 Å². The summed E-state index contributed by atoms with van der Waals surface area (Å²) in [6.07, 6.45) is 3.28. The van der Waals surface area contributed by atoms with Gasteiger partial charge in [-0.05, 0) is 55.9 Å². The first-order valence-corrected chi connectivity index (χ1v) is 11.7. The van der Waals surface area contributed by atoms with Crippen LogP contribution in [0.25, 0.3) is 0 Å². The fourth-order valence-electron chi connectivity index (χ4n) is 4.02. The van der Waals surface area contributed by atoms with E-state index >= 15 is 0 Å². The van der Waals surface area contributed by atoms with Crippen molar-refractivity contribution in [3.8, 4) is 12.8 Å². The largest absolute Gasteiger partial charge is 0.416 e. The molecule has 35 heavy (non-hydrogen) atoms. The summed E-state index contributed by atoms with van der Waals surface area (Å²) in [6.45, 7) is 5.26. The van der Waals surface area contributed by atoms with Crippen molar-refractivity contribution in [3.63, 3.8) is 0 Å². The smallest absolute Gasteiger partial charge is 0.381 e. The van der Waals surface area contributed by atoms with Gasteiger partial charge in [0.1, 0.15) is 0 Å². The van der Waals surface area contributed by atoms with E-state index in [1.807, 2.05) is 0 Å². The standard InChI is InChI=1S/C20H24F6N2O2.C3H8.C2H2/c21-19(22,23)14-7-12(8-15(10-14)20(24,25)26)11-27-18(29)13-1-2-17(9-13)28-16-3-5-30-6-4-16;1-3-2;1-2/h7-8,10,13,16-17,28H,1-6,9,11H2,(H,27,29);3H2,1-2H3;1-2H/t13-,17+;;/m0../s1. The molecule has 1 amide bonds. The third-order valence-corrected chi connectivity index (χ3v) is 5.61. The second kappa shape index (κ2) is 14.3. The van der Waals surface area contributed by atoms with Gasteiger partial charge < -0.3 is 15.4 Å². The number of benzene rings is 1. The fraction of sp³-hybridized carbons (Fsp3) is 0.640. The zero-order valence-corrected chi connectivity index (χ0v) is 20.1. The summed E-state index contributed by atoms with van der Waals surface area (Å²) in [4.78, 5) is 12.4. The Morgan fingerprint density at radius 2 is 1.43 bits per heavy atom. The molecule has 1 aromatic carbocycles. The normalized spacial score (nSPS) is 20.7. The van der Waals surface area contributed by atoms with Gasteiger partial charge in [-0.2, -0.15) is 26.3 Å². The summed E-state index contributed by atoms with van der Waals surface area (Å²) < 4.78 is 83.0. The minimum absolute atomic E-state index is 0.0782. The molecule has 4 nitrogen and oxygen atoms in total. The van der Waals surface area contributed by atoms with Gasteiger partial charge in [0.2, 0.25) is 5.91 Å². The molecule has 3 rings (SSSR count). The van der Waals surface area contributed by atoms with Crippen LogP contribution < -0.4 is 10.6 Å². The predicted octanol–water partition coefficient (Wildman–Crippen LogP) is 5.94. The Labute approximate surface area is 203 Å². The van der Waals surface area contributed by atoms with Gasteiger partial charge in [0.15, 0.2) is 0 Å². The van der Waals surface area contributed by atoms with E-state index in [0.29, 0.717) is 44.2 Å². The average molecular weight is 509 g/mol. The molecule has 0 bridgehead atoms. The highest BCUT2D eigenvalue weighted by Gasteiger charge is 2.37. The summed E-state index contributed by atoms with van der Waals surface area (Å²) in [5.41, 5.74) is -3.01. The number of ether oxygens (including phenoxy) is 1. The molecule has 0 aromatic heterocycles. The Morgan fingerprint density at radius 3 is 1.91 bits per heavy atom. The minimum Gasteiger partial charge on any atom is -0.381 e. The molecule has 1 aliphatic heterocycles. The van der Waals surface area contributed by atoms with E-state index in [2.05, 4.69) is 37.3 Å². The molecule has 0 radical (unpaired) electrons. The summed E-state index contributed by atoms with van der Waals surface area (Å²) in [7, 11) is 0. The van der Waals surface area contributed by atoms with Gasteiger partial charge in [-0.15, -0.1) is 12.8 Å². The molecule has 2 aliphatic rings. The van der Waals surface area contributed by atoms with Crippen molar-refractivity contribution in [1.82, 2.24) is 10.6 Å². The number of nitrogens with one attached hydrogen (secondary N) is 2. The summed E-state index contributed by atoms with van der Waals surface area (Å²) >= 11 is 0. The maximum absolute atomic E-state index is 12.9. The highest BCUT2D eigenvalue weighted by atomic mass is 19.4. The Kier molecular flexibility index (Phi) is 12.6. The van der Waals surface area contributed by atoms with Crippen molar-refractivity contribution in [2.75, 3.05) is 13.2 Å². The van der Waals surface area contributed by atoms with Gasteiger partial charge in [0, 0.05) is 37.8 Å². The molecule has 2 atom stereocenters. The molecule has 198 valence electrons. The first-order chi connectivity index (χ1) is 16.4. The van der Waals surface area contributed by atoms with E-state index in [4.69, 9.17) is 4.74 Å². The molecule has 1 heterocycles. The van der Waals surface area contributed by atoms with Crippen molar-refractivity contribution in [3.05, 3.63) is 34.9 Å². The van der Waals surface area contributed by atoms with Crippen LogP contribution in [0.5, 0.6) is 0 Å². The summed E-state index contributed by atoms with van der Waals surface area (Å²) in [5, 5.41) is 6.02. The molecule has 0 unspecified atom stereocenters. The van der Waals surface area contributed by atoms with E-state index < -0.39 is 23.5 Å². The number of rotatable bonds is 5. The molecule has 1 aromatic rings. The SMILES string of the molecule is C#C.CCC.O=C(NCc1cc(C(F)(F)F)cc(C(F)(F)F)c1)[C@H]1CC[C@@H](NC2CCOCC2)C1. The topological polar surface area (TPSA) is 50.4 Å². The molecule has 1 aliphatic carbocycles. The van der Waals surface area contributed by atoms with E-state index in [-0.39, 0.29) is 36.0 Å². The Bertz CT molecular complexity index is 769. The lowest BCUT2D eigenvalue weighted by Gasteiger charge is -2.26. The van der Waals surface area contributed by atoms with Crippen LogP contribution in [0.15, 0.2) is 18.2 Å². The molecule has 2 fully saturated rings. The number of alkyl halides is 6. The van der Waals surface area contributed by atoms with E-state index in [1.165, 1.54) is 6.42 Å². The van der Waals surface area contributed by atoms with Gasteiger partial charge in [0.25, 0.3) is 0 Å². The molecule has 10 heteroatoms. The van der Waals surface area contributed by atoms with Crippen LogP contribution in [0.1, 0.15) is 69.1 Å². The molecule has 0 spiro atoms. The molecule has 2 N–H and O–H groups in total. The molecular weight excluding hydrogens is 474 g/mol. The number of amides is 1. The molecular formula is C25H34F6N2O2. The van der Waals surface area contributed by atoms with Crippen LogP contribution >= 0.6 is 0 Å². The molecule has 1 saturated carbocycles. The second-order valence-corrected chi connectivity index (χ2v) is 8.60. The zero-order valence-electron chi connectivity index (χ0n) is 20.1. The van der Waals surface area contributed by atoms with Crippen LogP contribution in [0.3, 0.4) is 0 Å².